The molecule has 1 fully saturated rings. The van der Waals surface area contributed by atoms with Crippen molar-refractivity contribution in [2.24, 2.45) is 5.92 Å². The molecule has 2 aromatic heterocycles. The maximum absolute atomic E-state index is 12.5. The highest BCUT2D eigenvalue weighted by molar-refractivity contribution is 5.91. The summed E-state index contributed by atoms with van der Waals surface area (Å²) in [7, 11) is 0. The zero-order valence-corrected chi connectivity index (χ0v) is 18.7. The SMILES string of the molecule is Cc1ccc(NC(=O)C2CCN(CCCCCn3nnc(-c4ccccc4)n3)CC2)nc1. The van der Waals surface area contributed by atoms with E-state index in [0.29, 0.717) is 11.6 Å². The predicted octanol–water partition coefficient (Wildman–Crippen LogP) is 3.56. The first kappa shape index (κ1) is 22.1. The van der Waals surface area contributed by atoms with Gasteiger partial charge < -0.3 is 10.2 Å². The van der Waals surface area contributed by atoms with Crippen LogP contribution < -0.4 is 5.32 Å². The van der Waals surface area contributed by atoms with Crippen molar-refractivity contribution in [2.45, 2.75) is 45.6 Å². The van der Waals surface area contributed by atoms with E-state index in [2.05, 4.69) is 30.6 Å². The van der Waals surface area contributed by atoms with Crippen LogP contribution in [0.5, 0.6) is 0 Å². The molecule has 4 rings (SSSR count). The first-order chi connectivity index (χ1) is 15.7. The molecule has 168 valence electrons. The molecule has 1 saturated heterocycles. The average molecular weight is 434 g/mol. The Morgan fingerprint density at radius 2 is 1.81 bits per heavy atom. The minimum absolute atomic E-state index is 0.0755. The van der Waals surface area contributed by atoms with Crippen molar-refractivity contribution in [3.8, 4) is 11.4 Å². The van der Waals surface area contributed by atoms with Crippen LogP contribution in [-0.4, -0.2) is 55.6 Å². The smallest absolute Gasteiger partial charge is 0.228 e. The molecule has 0 radical (unpaired) electrons. The van der Waals surface area contributed by atoms with Gasteiger partial charge in [-0.15, -0.1) is 10.2 Å². The van der Waals surface area contributed by atoms with Crippen molar-refractivity contribution in [3.63, 3.8) is 0 Å². The molecule has 1 aliphatic rings. The molecule has 8 nitrogen and oxygen atoms in total. The molecule has 0 bridgehead atoms. The van der Waals surface area contributed by atoms with Crippen LogP contribution in [0.1, 0.15) is 37.7 Å². The third-order valence-electron chi connectivity index (χ3n) is 5.94. The van der Waals surface area contributed by atoms with Crippen LogP contribution in [-0.2, 0) is 11.3 Å². The molecule has 32 heavy (non-hydrogen) atoms. The molecular weight excluding hydrogens is 402 g/mol. The number of benzene rings is 1. The van der Waals surface area contributed by atoms with Crippen molar-refractivity contribution in [1.29, 1.82) is 0 Å². The molecule has 3 heterocycles. The van der Waals surface area contributed by atoms with Crippen molar-refractivity contribution in [2.75, 3.05) is 25.0 Å². The largest absolute Gasteiger partial charge is 0.310 e. The highest BCUT2D eigenvalue weighted by atomic mass is 16.1. The first-order valence-corrected chi connectivity index (χ1v) is 11.5. The van der Waals surface area contributed by atoms with E-state index in [1.165, 1.54) is 0 Å². The number of nitrogens with zero attached hydrogens (tertiary/aromatic N) is 6. The van der Waals surface area contributed by atoms with Gasteiger partial charge in [-0.3, -0.25) is 4.79 Å². The van der Waals surface area contributed by atoms with Crippen LogP contribution in [0.2, 0.25) is 0 Å². The zero-order chi connectivity index (χ0) is 22.2. The van der Waals surface area contributed by atoms with Gasteiger partial charge in [0.2, 0.25) is 11.7 Å². The van der Waals surface area contributed by atoms with Gasteiger partial charge in [0.25, 0.3) is 0 Å². The average Bonchev–Trinajstić information content (AvgIpc) is 3.30. The summed E-state index contributed by atoms with van der Waals surface area (Å²) in [6, 6.07) is 13.8. The Kier molecular flexibility index (Phi) is 7.55. The fourth-order valence-electron chi connectivity index (χ4n) is 3.99. The summed E-state index contributed by atoms with van der Waals surface area (Å²) >= 11 is 0. The third kappa shape index (κ3) is 6.20. The highest BCUT2D eigenvalue weighted by Crippen LogP contribution is 2.20. The Labute approximate surface area is 189 Å². The Balaban J connectivity index is 1.10. The first-order valence-electron chi connectivity index (χ1n) is 11.5. The minimum Gasteiger partial charge on any atom is -0.310 e. The van der Waals surface area contributed by atoms with Gasteiger partial charge in [-0.25, -0.2) is 4.98 Å². The molecule has 1 aliphatic heterocycles. The predicted molar refractivity (Wildman–Crippen MR) is 124 cm³/mol. The number of rotatable bonds is 9. The van der Waals surface area contributed by atoms with Crippen molar-refractivity contribution in [3.05, 3.63) is 54.2 Å². The van der Waals surface area contributed by atoms with E-state index in [4.69, 9.17) is 0 Å². The van der Waals surface area contributed by atoms with Crippen LogP contribution in [0, 0.1) is 12.8 Å². The lowest BCUT2D eigenvalue weighted by molar-refractivity contribution is -0.121. The Hall–Kier alpha value is -3.13. The molecule has 1 amide bonds. The summed E-state index contributed by atoms with van der Waals surface area (Å²) in [5.41, 5.74) is 2.08. The minimum atomic E-state index is 0.0755. The number of amides is 1. The molecule has 0 unspecified atom stereocenters. The van der Waals surface area contributed by atoms with Crippen LogP contribution in [0.3, 0.4) is 0 Å². The lowest BCUT2D eigenvalue weighted by atomic mass is 9.95. The number of carbonyl (C=O) groups is 1. The molecule has 0 saturated carbocycles. The molecule has 3 aromatic rings. The Bertz CT molecular complexity index is 979. The van der Waals surface area contributed by atoms with Gasteiger partial charge in [-0.2, -0.15) is 4.80 Å². The molecule has 0 atom stereocenters. The molecule has 0 aliphatic carbocycles. The van der Waals surface area contributed by atoms with Gasteiger partial charge in [-0.05, 0) is 69.1 Å². The van der Waals surface area contributed by atoms with E-state index in [1.807, 2.05) is 49.4 Å². The summed E-state index contributed by atoms with van der Waals surface area (Å²) in [5, 5.41) is 15.7. The normalized spacial score (nSPS) is 15.0. The zero-order valence-electron chi connectivity index (χ0n) is 18.7. The summed E-state index contributed by atoms with van der Waals surface area (Å²) in [5.74, 6) is 1.49. The number of likely N-dealkylation sites (tertiary alicyclic amines) is 1. The second-order valence-electron chi connectivity index (χ2n) is 8.46. The molecule has 0 spiro atoms. The van der Waals surface area contributed by atoms with E-state index in [0.717, 1.165) is 69.4 Å². The van der Waals surface area contributed by atoms with Crippen LogP contribution in [0.4, 0.5) is 5.82 Å². The third-order valence-corrected chi connectivity index (χ3v) is 5.94. The van der Waals surface area contributed by atoms with E-state index in [1.54, 1.807) is 11.0 Å². The number of unbranched alkanes of at least 4 members (excludes halogenated alkanes) is 2. The number of tetrazole rings is 1. The number of nitrogens with one attached hydrogen (secondary N) is 1. The van der Waals surface area contributed by atoms with Gasteiger partial charge in [-0.1, -0.05) is 42.8 Å². The molecule has 1 N–H and O–H groups in total. The van der Waals surface area contributed by atoms with Crippen molar-refractivity contribution >= 4 is 11.7 Å². The van der Waals surface area contributed by atoms with E-state index < -0.39 is 0 Å². The van der Waals surface area contributed by atoms with Crippen LogP contribution in [0.25, 0.3) is 11.4 Å². The second kappa shape index (κ2) is 10.9. The van der Waals surface area contributed by atoms with Gasteiger partial charge in [0.15, 0.2) is 0 Å². The van der Waals surface area contributed by atoms with Gasteiger partial charge >= 0.3 is 0 Å². The number of hydrogen-bond donors (Lipinski definition) is 1. The monoisotopic (exact) mass is 433 g/mol. The van der Waals surface area contributed by atoms with Gasteiger partial charge in [0.05, 0.1) is 6.54 Å². The van der Waals surface area contributed by atoms with Crippen molar-refractivity contribution < 1.29 is 4.79 Å². The van der Waals surface area contributed by atoms with Gasteiger partial charge in [0, 0.05) is 17.7 Å². The van der Waals surface area contributed by atoms with Crippen LogP contribution >= 0.6 is 0 Å². The standard InChI is InChI=1S/C24H31N7O/c1-19-10-11-22(25-18-19)26-24(32)21-12-16-30(17-13-21)14-6-3-7-15-31-28-23(27-29-31)20-8-4-2-5-9-20/h2,4-5,8-11,18,21H,3,6-7,12-17H2,1H3,(H,25,26,32). The number of aromatic nitrogens is 5. The molecule has 1 aromatic carbocycles. The maximum atomic E-state index is 12.5. The fourth-order valence-corrected chi connectivity index (χ4v) is 3.99. The quantitative estimate of drug-likeness (QED) is 0.519. The lowest BCUT2D eigenvalue weighted by Gasteiger charge is -2.31. The Morgan fingerprint density at radius 1 is 1.03 bits per heavy atom. The number of carbonyl (C=O) groups excluding carboxylic acids is 1. The summed E-state index contributed by atoms with van der Waals surface area (Å²) in [4.78, 5) is 20.9. The maximum Gasteiger partial charge on any atom is 0.228 e. The van der Waals surface area contributed by atoms with Crippen LogP contribution in [0.15, 0.2) is 48.7 Å². The summed E-state index contributed by atoms with van der Waals surface area (Å²) in [6.45, 7) is 5.81. The van der Waals surface area contributed by atoms with E-state index in [9.17, 15) is 4.79 Å². The fraction of sp³-hybridized carbons (Fsp3) is 0.458. The van der Waals surface area contributed by atoms with E-state index in [-0.39, 0.29) is 11.8 Å². The highest BCUT2D eigenvalue weighted by Gasteiger charge is 2.24. The second-order valence-corrected chi connectivity index (χ2v) is 8.46. The summed E-state index contributed by atoms with van der Waals surface area (Å²) < 4.78 is 0. The number of anilines is 1. The lowest BCUT2D eigenvalue weighted by Crippen LogP contribution is -2.38. The topological polar surface area (TPSA) is 88.8 Å². The van der Waals surface area contributed by atoms with E-state index >= 15 is 0 Å². The molecular formula is C24H31N7O. The van der Waals surface area contributed by atoms with Crippen molar-refractivity contribution in [1.82, 2.24) is 30.1 Å². The number of pyridine rings is 1. The number of aryl methyl sites for hydroxylation is 2. The molecule has 8 heteroatoms. The summed E-state index contributed by atoms with van der Waals surface area (Å²) in [6.07, 6.45) is 6.89. The number of piperidine rings is 1. The Morgan fingerprint density at radius 3 is 2.56 bits per heavy atom. The van der Waals surface area contributed by atoms with Gasteiger partial charge in [0.1, 0.15) is 5.82 Å². The number of hydrogen-bond acceptors (Lipinski definition) is 6.